The van der Waals surface area contributed by atoms with Gasteiger partial charge in [0.2, 0.25) is 5.91 Å². The fourth-order valence-electron chi connectivity index (χ4n) is 2.37. The number of sulfone groups is 1. The van der Waals surface area contributed by atoms with Crippen molar-refractivity contribution in [3.63, 3.8) is 0 Å². The highest BCUT2D eigenvalue weighted by molar-refractivity contribution is 7.91. The fourth-order valence-corrected chi connectivity index (χ4v) is 3.61. The van der Waals surface area contributed by atoms with Crippen molar-refractivity contribution < 1.29 is 13.2 Å². The Kier molecular flexibility index (Phi) is 4.45. The Morgan fingerprint density at radius 2 is 1.95 bits per heavy atom. The lowest BCUT2D eigenvalue weighted by atomic mass is 10.2. The number of carbonyl (C=O) groups is 1. The van der Waals surface area contributed by atoms with E-state index in [1.807, 2.05) is 6.92 Å². The van der Waals surface area contributed by atoms with Gasteiger partial charge in [0.1, 0.15) is 0 Å². The SMILES string of the molecule is CC1CC(=O)N(CCS(=O)(=O)c2ccc(CN)cc2)C1. The number of nitrogens with two attached hydrogens (primary N) is 1. The second-order valence-corrected chi connectivity index (χ2v) is 7.43. The molecule has 2 rings (SSSR count). The van der Waals surface area contributed by atoms with E-state index < -0.39 is 9.84 Å². The van der Waals surface area contributed by atoms with Crippen molar-refractivity contribution in [2.45, 2.75) is 24.8 Å². The second-order valence-electron chi connectivity index (χ2n) is 5.32. The highest BCUT2D eigenvalue weighted by atomic mass is 32.2. The summed E-state index contributed by atoms with van der Waals surface area (Å²) in [5, 5.41) is 0. The molecule has 0 radical (unpaired) electrons. The van der Waals surface area contributed by atoms with Crippen LogP contribution in [0.3, 0.4) is 0 Å². The first kappa shape index (κ1) is 15.0. The van der Waals surface area contributed by atoms with Gasteiger partial charge in [0.25, 0.3) is 0 Å². The van der Waals surface area contributed by atoms with Crippen molar-refractivity contribution in [2.75, 3.05) is 18.8 Å². The molecule has 1 aliphatic heterocycles. The van der Waals surface area contributed by atoms with Gasteiger partial charge in [-0.1, -0.05) is 19.1 Å². The standard InChI is InChI=1S/C14H20N2O3S/c1-11-8-14(17)16(10-11)6-7-20(18,19)13-4-2-12(9-15)3-5-13/h2-5,11H,6-10,15H2,1H3. The molecule has 1 amide bonds. The summed E-state index contributed by atoms with van der Waals surface area (Å²) in [7, 11) is -3.35. The Bertz CT molecular complexity index is 581. The van der Waals surface area contributed by atoms with Crippen LogP contribution in [0.2, 0.25) is 0 Å². The maximum absolute atomic E-state index is 12.2. The molecule has 0 saturated carbocycles. The minimum absolute atomic E-state index is 0.0343. The average Bonchev–Trinajstić information content (AvgIpc) is 2.75. The molecule has 0 aromatic heterocycles. The van der Waals surface area contributed by atoms with Gasteiger partial charge in [-0.3, -0.25) is 4.79 Å². The van der Waals surface area contributed by atoms with E-state index in [-0.39, 0.29) is 23.1 Å². The monoisotopic (exact) mass is 296 g/mol. The van der Waals surface area contributed by atoms with Crippen molar-refractivity contribution in [3.8, 4) is 0 Å². The molecule has 110 valence electrons. The summed E-state index contributed by atoms with van der Waals surface area (Å²) in [4.78, 5) is 13.6. The lowest BCUT2D eigenvalue weighted by molar-refractivity contribution is -0.127. The summed E-state index contributed by atoms with van der Waals surface area (Å²) < 4.78 is 24.4. The minimum Gasteiger partial charge on any atom is -0.341 e. The van der Waals surface area contributed by atoms with Crippen LogP contribution in [0.4, 0.5) is 0 Å². The number of hydrogen-bond acceptors (Lipinski definition) is 4. The number of likely N-dealkylation sites (tertiary alicyclic amines) is 1. The van der Waals surface area contributed by atoms with Crippen molar-refractivity contribution in [1.82, 2.24) is 4.90 Å². The number of rotatable bonds is 5. The quantitative estimate of drug-likeness (QED) is 0.871. The summed E-state index contributed by atoms with van der Waals surface area (Å²) in [6.45, 7) is 3.31. The van der Waals surface area contributed by atoms with Gasteiger partial charge in [0.05, 0.1) is 10.6 Å². The van der Waals surface area contributed by atoms with E-state index in [0.29, 0.717) is 25.4 Å². The van der Waals surface area contributed by atoms with Crippen LogP contribution in [0.15, 0.2) is 29.2 Å². The lowest BCUT2D eigenvalue weighted by Crippen LogP contribution is -2.30. The van der Waals surface area contributed by atoms with Crippen molar-refractivity contribution in [1.29, 1.82) is 0 Å². The number of nitrogens with zero attached hydrogens (tertiary/aromatic N) is 1. The lowest BCUT2D eigenvalue weighted by Gasteiger charge is -2.16. The van der Waals surface area contributed by atoms with E-state index in [2.05, 4.69) is 0 Å². The zero-order valence-corrected chi connectivity index (χ0v) is 12.4. The second kappa shape index (κ2) is 5.93. The van der Waals surface area contributed by atoms with Crippen LogP contribution in [0.5, 0.6) is 0 Å². The maximum atomic E-state index is 12.2. The first-order valence-corrected chi connectivity index (χ1v) is 8.37. The number of carbonyl (C=O) groups excluding carboxylic acids is 1. The van der Waals surface area contributed by atoms with Gasteiger partial charge in [-0.15, -0.1) is 0 Å². The molecular formula is C14H20N2O3S. The zero-order chi connectivity index (χ0) is 14.8. The molecule has 6 heteroatoms. The molecular weight excluding hydrogens is 276 g/mol. The van der Waals surface area contributed by atoms with Gasteiger partial charge in [-0.25, -0.2) is 8.42 Å². The third-order valence-electron chi connectivity index (χ3n) is 3.56. The Hall–Kier alpha value is -1.40. The van der Waals surface area contributed by atoms with E-state index in [0.717, 1.165) is 5.56 Å². The molecule has 0 spiro atoms. The molecule has 1 atom stereocenters. The number of amides is 1. The zero-order valence-electron chi connectivity index (χ0n) is 11.6. The van der Waals surface area contributed by atoms with Crippen molar-refractivity contribution in [2.24, 2.45) is 11.7 Å². The Morgan fingerprint density at radius 3 is 2.45 bits per heavy atom. The van der Waals surface area contributed by atoms with Gasteiger partial charge in [-0.05, 0) is 23.6 Å². The molecule has 1 aromatic carbocycles. The van der Waals surface area contributed by atoms with Gasteiger partial charge < -0.3 is 10.6 Å². The third-order valence-corrected chi connectivity index (χ3v) is 5.27. The Morgan fingerprint density at radius 1 is 1.30 bits per heavy atom. The summed E-state index contributed by atoms with van der Waals surface area (Å²) in [5.41, 5.74) is 6.38. The summed E-state index contributed by atoms with van der Waals surface area (Å²) in [6.07, 6.45) is 0.519. The van der Waals surface area contributed by atoms with Crippen LogP contribution < -0.4 is 5.73 Å². The fraction of sp³-hybridized carbons (Fsp3) is 0.500. The van der Waals surface area contributed by atoms with E-state index >= 15 is 0 Å². The van der Waals surface area contributed by atoms with Crippen LogP contribution in [0.25, 0.3) is 0 Å². The number of hydrogen-bond donors (Lipinski definition) is 1. The van der Waals surface area contributed by atoms with Crippen LogP contribution in [-0.2, 0) is 21.2 Å². The van der Waals surface area contributed by atoms with Crippen LogP contribution >= 0.6 is 0 Å². The molecule has 20 heavy (non-hydrogen) atoms. The molecule has 0 bridgehead atoms. The smallest absolute Gasteiger partial charge is 0.222 e. The largest absolute Gasteiger partial charge is 0.341 e. The predicted octanol–water partition coefficient (Wildman–Crippen LogP) is 0.787. The molecule has 1 aromatic rings. The first-order chi connectivity index (χ1) is 9.42. The normalized spacial score (nSPS) is 19.6. The van der Waals surface area contributed by atoms with Crippen LogP contribution in [0.1, 0.15) is 18.9 Å². The topological polar surface area (TPSA) is 80.5 Å². The Balaban J connectivity index is 2.02. The molecule has 1 saturated heterocycles. The molecule has 1 unspecified atom stereocenters. The predicted molar refractivity (Wildman–Crippen MR) is 76.7 cm³/mol. The van der Waals surface area contributed by atoms with Crippen LogP contribution in [-0.4, -0.2) is 38.1 Å². The molecule has 1 heterocycles. The summed E-state index contributed by atoms with van der Waals surface area (Å²) in [6, 6.07) is 6.59. The molecule has 1 fully saturated rings. The third kappa shape index (κ3) is 3.37. The highest BCUT2D eigenvalue weighted by Crippen LogP contribution is 2.18. The highest BCUT2D eigenvalue weighted by Gasteiger charge is 2.27. The first-order valence-electron chi connectivity index (χ1n) is 6.72. The van der Waals surface area contributed by atoms with Gasteiger partial charge in [0, 0.05) is 26.1 Å². The maximum Gasteiger partial charge on any atom is 0.222 e. The van der Waals surface area contributed by atoms with Gasteiger partial charge in [-0.2, -0.15) is 0 Å². The van der Waals surface area contributed by atoms with Gasteiger partial charge in [0.15, 0.2) is 9.84 Å². The van der Waals surface area contributed by atoms with E-state index in [1.54, 1.807) is 29.2 Å². The molecule has 0 aliphatic carbocycles. The molecule has 1 aliphatic rings. The van der Waals surface area contributed by atoms with E-state index in [4.69, 9.17) is 5.73 Å². The van der Waals surface area contributed by atoms with Crippen LogP contribution in [0, 0.1) is 5.92 Å². The number of benzene rings is 1. The molecule has 5 nitrogen and oxygen atoms in total. The van der Waals surface area contributed by atoms with E-state index in [1.165, 1.54) is 0 Å². The van der Waals surface area contributed by atoms with Crippen molar-refractivity contribution in [3.05, 3.63) is 29.8 Å². The van der Waals surface area contributed by atoms with Gasteiger partial charge >= 0.3 is 0 Å². The van der Waals surface area contributed by atoms with E-state index in [9.17, 15) is 13.2 Å². The minimum atomic E-state index is -3.35. The summed E-state index contributed by atoms with van der Waals surface area (Å²) >= 11 is 0. The average molecular weight is 296 g/mol. The summed E-state index contributed by atoms with van der Waals surface area (Å²) in [5.74, 6) is 0.327. The Labute approximate surface area is 119 Å². The molecule has 2 N–H and O–H groups in total. The van der Waals surface area contributed by atoms with Crippen molar-refractivity contribution >= 4 is 15.7 Å².